The number of ether oxygens (including phenoxy) is 1. The fraction of sp³-hybridized carbons (Fsp3) is 0.400. The zero-order chi connectivity index (χ0) is 16.3. The molecule has 1 saturated heterocycles. The largest absolute Gasteiger partial charge is 0.481 e. The summed E-state index contributed by atoms with van der Waals surface area (Å²) in [5.41, 5.74) is 0.0611. The average molecular weight is 335 g/mol. The topological polar surface area (TPSA) is 104 Å². The van der Waals surface area contributed by atoms with Crippen LogP contribution in [0.3, 0.4) is 0 Å². The molecule has 3 rings (SSSR count). The molecule has 7 nitrogen and oxygen atoms in total. The number of aromatic amines is 1. The van der Waals surface area contributed by atoms with Crippen molar-refractivity contribution in [2.24, 2.45) is 5.41 Å². The summed E-state index contributed by atoms with van der Waals surface area (Å²) in [4.78, 5) is 24.8. The molecular formula is C15H17N3O4S. The van der Waals surface area contributed by atoms with Crippen molar-refractivity contribution in [3.8, 4) is 10.6 Å². The first-order valence-corrected chi connectivity index (χ1v) is 8.17. The number of nitrogens with zero attached hydrogens (tertiary/aromatic N) is 1. The monoisotopic (exact) mass is 335 g/mol. The van der Waals surface area contributed by atoms with Crippen molar-refractivity contribution in [3.05, 3.63) is 29.3 Å². The van der Waals surface area contributed by atoms with Crippen LogP contribution in [-0.2, 0) is 9.53 Å². The molecule has 1 aliphatic rings. The Hall–Kier alpha value is -2.19. The molecule has 1 aliphatic heterocycles. The Morgan fingerprint density at radius 3 is 2.87 bits per heavy atom. The first-order valence-electron chi connectivity index (χ1n) is 7.29. The van der Waals surface area contributed by atoms with Gasteiger partial charge in [-0.25, -0.2) is 0 Å². The molecule has 2 aromatic heterocycles. The summed E-state index contributed by atoms with van der Waals surface area (Å²) in [5.74, 6) is -1.28. The van der Waals surface area contributed by atoms with E-state index < -0.39 is 11.4 Å². The third-order valence-electron chi connectivity index (χ3n) is 4.09. The number of rotatable bonds is 5. The predicted molar refractivity (Wildman–Crippen MR) is 84.4 cm³/mol. The van der Waals surface area contributed by atoms with E-state index >= 15 is 0 Å². The van der Waals surface area contributed by atoms with E-state index in [1.807, 2.05) is 17.5 Å². The van der Waals surface area contributed by atoms with Crippen LogP contribution < -0.4 is 5.32 Å². The number of carbonyl (C=O) groups is 2. The summed E-state index contributed by atoms with van der Waals surface area (Å²) in [6.07, 6.45) is 0.785. The maximum Gasteiger partial charge on any atom is 0.311 e. The van der Waals surface area contributed by atoms with Gasteiger partial charge >= 0.3 is 5.97 Å². The van der Waals surface area contributed by atoms with Crippen LogP contribution in [0.2, 0.25) is 0 Å². The molecule has 0 unspecified atom stereocenters. The molecule has 0 aliphatic carbocycles. The fourth-order valence-electron chi connectivity index (χ4n) is 2.56. The summed E-state index contributed by atoms with van der Waals surface area (Å²) in [6, 6.07) is 5.52. The van der Waals surface area contributed by atoms with Gasteiger partial charge < -0.3 is 15.2 Å². The van der Waals surface area contributed by atoms with Crippen molar-refractivity contribution in [2.45, 2.75) is 12.8 Å². The second kappa shape index (κ2) is 6.51. The van der Waals surface area contributed by atoms with Crippen LogP contribution in [0.5, 0.6) is 0 Å². The number of H-pyrrole nitrogens is 1. The highest BCUT2D eigenvalue weighted by molar-refractivity contribution is 7.13. The van der Waals surface area contributed by atoms with Gasteiger partial charge in [-0.3, -0.25) is 14.7 Å². The standard InChI is InChI=1S/C15H17N3O4S/c19-13(11-8-10(17-18-11)12-2-1-7-23-12)16-9-15(14(20)21)3-5-22-6-4-15/h1-2,7-8H,3-6,9H2,(H,16,19)(H,17,18)(H,20,21). The van der Waals surface area contributed by atoms with E-state index in [2.05, 4.69) is 15.5 Å². The van der Waals surface area contributed by atoms with Crippen LogP contribution in [0.15, 0.2) is 23.6 Å². The second-order valence-corrected chi connectivity index (χ2v) is 6.47. The van der Waals surface area contributed by atoms with Gasteiger partial charge in [-0.15, -0.1) is 11.3 Å². The molecule has 23 heavy (non-hydrogen) atoms. The third kappa shape index (κ3) is 3.27. The highest BCUT2D eigenvalue weighted by Gasteiger charge is 2.40. The van der Waals surface area contributed by atoms with Crippen LogP contribution in [0.4, 0.5) is 0 Å². The lowest BCUT2D eigenvalue weighted by Gasteiger charge is -2.32. The van der Waals surface area contributed by atoms with Crippen molar-refractivity contribution in [2.75, 3.05) is 19.8 Å². The summed E-state index contributed by atoms with van der Waals surface area (Å²) < 4.78 is 5.22. The van der Waals surface area contributed by atoms with Gasteiger partial charge in [0.15, 0.2) is 5.69 Å². The lowest BCUT2D eigenvalue weighted by atomic mass is 9.80. The van der Waals surface area contributed by atoms with E-state index in [1.54, 1.807) is 17.4 Å². The van der Waals surface area contributed by atoms with Crippen LogP contribution >= 0.6 is 11.3 Å². The van der Waals surface area contributed by atoms with Crippen molar-refractivity contribution >= 4 is 23.2 Å². The number of carboxylic acids is 1. The van der Waals surface area contributed by atoms with Gasteiger partial charge in [0.2, 0.25) is 0 Å². The van der Waals surface area contributed by atoms with Gasteiger partial charge in [0, 0.05) is 19.8 Å². The molecular weight excluding hydrogens is 318 g/mol. The highest BCUT2D eigenvalue weighted by atomic mass is 32.1. The minimum atomic E-state index is -0.958. The van der Waals surface area contributed by atoms with E-state index in [4.69, 9.17) is 4.74 Å². The maximum atomic E-state index is 12.2. The molecule has 122 valence electrons. The molecule has 3 N–H and O–H groups in total. The molecule has 0 atom stereocenters. The first-order chi connectivity index (χ1) is 11.1. The van der Waals surface area contributed by atoms with E-state index in [0.717, 1.165) is 10.6 Å². The lowest BCUT2D eigenvalue weighted by Crippen LogP contribution is -2.46. The van der Waals surface area contributed by atoms with Gasteiger partial charge in [0.1, 0.15) is 0 Å². The Morgan fingerprint density at radius 2 is 2.22 bits per heavy atom. The summed E-state index contributed by atoms with van der Waals surface area (Å²) >= 11 is 1.55. The number of carboxylic acid groups (broad SMARTS) is 1. The Labute approximate surface area is 136 Å². The molecule has 0 spiro atoms. The van der Waals surface area contributed by atoms with E-state index in [-0.39, 0.29) is 18.1 Å². The average Bonchev–Trinajstić information content (AvgIpc) is 3.24. The Kier molecular flexibility index (Phi) is 4.44. The van der Waals surface area contributed by atoms with Gasteiger partial charge in [-0.1, -0.05) is 6.07 Å². The van der Waals surface area contributed by atoms with Crippen molar-refractivity contribution in [1.82, 2.24) is 15.5 Å². The van der Waals surface area contributed by atoms with Crippen LogP contribution in [0, 0.1) is 5.41 Å². The minimum absolute atomic E-state index is 0.0751. The molecule has 0 aromatic carbocycles. The highest BCUT2D eigenvalue weighted by Crippen LogP contribution is 2.30. The third-order valence-corrected chi connectivity index (χ3v) is 4.99. The van der Waals surface area contributed by atoms with Gasteiger partial charge in [0.05, 0.1) is 16.0 Å². The smallest absolute Gasteiger partial charge is 0.311 e. The summed E-state index contributed by atoms with van der Waals surface area (Å²) in [6.45, 7) is 0.867. The number of carbonyl (C=O) groups excluding carboxylic acids is 1. The Morgan fingerprint density at radius 1 is 1.43 bits per heavy atom. The molecule has 1 amide bonds. The maximum absolute atomic E-state index is 12.2. The summed E-state index contributed by atoms with van der Waals surface area (Å²) in [5, 5.41) is 20.9. The first kappa shape index (κ1) is 15.7. The van der Waals surface area contributed by atoms with Crippen LogP contribution in [0.25, 0.3) is 10.6 Å². The van der Waals surface area contributed by atoms with E-state index in [9.17, 15) is 14.7 Å². The number of amides is 1. The van der Waals surface area contributed by atoms with Crippen molar-refractivity contribution in [1.29, 1.82) is 0 Å². The number of nitrogens with one attached hydrogen (secondary N) is 2. The minimum Gasteiger partial charge on any atom is -0.481 e. The predicted octanol–water partition coefficient (Wildman–Crippen LogP) is 1.75. The molecule has 1 fully saturated rings. The van der Waals surface area contributed by atoms with Gasteiger partial charge in [-0.2, -0.15) is 5.10 Å². The SMILES string of the molecule is O=C(NCC1(C(=O)O)CCOCC1)c1cc(-c2cccs2)[nH]n1. The zero-order valence-electron chi connectivity index (χ0n) is 12.4. The molecule has 2 aromatic rings. The quantitative estimate of drug-likeness (QED) is 0.772. The van der Waals surface area contributed by atoms with E-state index in [1.165, 1.54) is 0 Å². The van der Waals surface area contributed by atoms with Gasteiger partial charge in [0.25, 0.3) is 5.91 Å². The van der Waals surface area contributed by atoms with Crippen LogP contribution in [-0.4, -0.2) is 46.9 Å². The molecule has 3 heterocycles. The molecule has 0 radical (unpaired) electrons. The Bertz CT molecular complexity index is 689. The van der Waals surface area contributed by atoms with Crippen molar-refractivity contribution < 1.29 is 19.4 Å². The number of hydrogen-bond donors (Lipinski definition) is 3. The number of aromatic nitrogens is 2. The molecule has 8 heteroatoms. The fourth-order valence-corrected chi connectivity index (χ4v) is 3.26. The van der Waals surface area contributed by atoms with Crippen molar-refractivity contribution in [3.63, 3.8) is 0 Å². The number of hydrogen-bond acceptors (Lipinski definition) is 5. The Balaban J connectivity index is 1.66. The van der Waals surface area contributed by atoms with Gasteiger partial charge in [-0.05, 0) is 30.4 Å². The van der Waals surface area contributed by atoms with E-state index in [0.29, 0.717) is 26.1 Å². The second-order valence-electron chi connectivity index (χ2n) is 5.52. The van der Waals surface area contributed by atoms with Crippen LogP contribution in [0.1, 0.15) is 23.3 Å². The number of aliphatic carboxylic acids is 1. The molecule has 0 saturated carbocycles. The summed E-state index contributed by atoms with van der Waals surface area (Å²) in [7, 11) is 0. The zero-order valence-corrected chi connectivity index (χ0v) is 13.2. The lowest BCUT2D eigenvalue weighted by molar-refractivity contribution is -0.154. The molecule has 0 bridgehead atoms. The normalized spacial score (nSPS) is 16.9. The number of thiophene rings is 1.